The van der Waals surface area contributed by atoms with E-state index in [1.165, 1.54) is 55.1 Å². The third kappa shape index (κ3) is 9.03. The Morgan fingerprint density at radius 3 is 1.60 bits per heavy atom. The molecule has 4 aromatic rings. The molecule has 2 saturated heterocycles. The number of halogens is 4. The number of aliphatic imine (C=N–C) groups is 2. The molecule has 2 aromatic heterocycles. The highest BCUT2D eigenvalue weighted by Crippen LogP contribution is 2.42. The third-order valence-corrected chi connectivity index (χ3v) is 12.8. The molecule has 2 fully saturated rings. The molecule has 316 valence electrons. The number of thiazole rings is 2. The fourth-order valence-electron chi connectivity index (χ4n) is 7.32. The number of aromatic nitrogens is 2. The maximum atomic E-state index is 14.2. The molecule has 2 aromatic carbocycles. The monoisotopic (exact) mass is 900 g/mol. The largest absolute Gasteiger partial charge is 0.466 e. The van der Waals surface area contributed by atoms with Gasteiger partial charge in [-0.25, -0.2) is 28.3 Å². The number of aliphatic hydroxyl groups excluding tert-OH is 1. The van der Waals surface area contributed by atoms with E-state index in [0.717, 1.165) is 12.8 Å². The van der Waals surface area contributed by atoms with Crippen molar-refractivity contribution in [2.24, 2.45) is 21.8 Å². The van der Waals surface area contributed by atoms with Crippen molar-refractivity contribution >= 4 is 69.5 Å². The van der Waals surface area contributed by atoms with Crippen LogP contribution in [-0.4, -0.2) is 84.9 Å². The summed E-state index contributed by atoms with van der Waals surface area (Å²) in [5.74, 6) is -1.12. The van der Waals surface area contributed by atoms with E-state index in [9.17, 15) is 23.5 Å². The summed E-state index contributed by atoms with van der Waals surface area (Å²) in [7, 11) is 2.57. The van der Waals surface area contributed by atoms with E-state index < -0.39 is 41.8 Å². The summed E-state index contributed by atoms with van der Waals surface area (Å²) in [6.45, 7) is 3.05. The highest BCUT2D eigenvalue weighted by atomic mass is 35.5. The number of amidine groups is 2. The van der Waals surface area contributed by atoms with Gasteiger partial charge in [-0.15, -0.1) is 22.7 Å². The van der Waals surface area contributed by atoms with Crippen LogP contribution in [0, 0.1) is 23.5 Å². The van der Waals surface area contributed by atoms with Crippen molar-refractivity contribution in [3.05, 3.63) is 125 Å². The molecule has 19 heteroatoms. The molecule has 4 aliphatic rings. The van der Waals surface area contributed by atoms with Gasteiger partial charge in [0, 0.05) is 46.8 Å². The highest BCUT2D eigenvalue weighted by Gasteiger charge is 2.41. The van der Waals surface area contributed by atoms with Gasteiger partial charge in [0.25, 0.3) is 0 Å². The predicted molar refractivity (Wildman–Crippen MR) is 223 cm³/mol. The Kier molecular flexibility index (Phi) is 14.1. The summed E-state index contributed by atoms with van der Waals surface area (Å²) in [5, 5.41) is 20.6. The van der Waals surface area contributed by atoms with E-state index in [-0.39, 0.29) is 39.8 Å². The molecule has 0 radical (unpaired) electrons. The van der Waals surface area contributed by atoms with E-state index in [0.29, 0.717) is 69.8 Å². The normalized spacial score (nSPS) is 23.9. The van der Waals surface area contributed by atoms with Gasteiger partial charge in [0.2, 0.25) is 0 Å². The maximum absolute atomic E-state index is 14.2. The summed E-state index contributed by atoms with van der Waals surface area (Å²) in [4.78, 5) is 43.6. The van der Waals surface area contributed by atoms with Gasteiger partial charge in [-0.05, 0) is 30.9 Å². The van der Waals surface area contributed by atoms with Gasteiger partial charge in [-0.2, -0.15) is 0 Å². The summed E-state index contributed by atoms with van der Waals surface area (Å²) < 4.78 is 50.4. The standard InChI is InChI=1S/C21H21ClFN3O3S.C20H19ClFN3O4S/c1-3-11-9-14(29-10-11)18-15(21(27)28-2)17(12-5-4-6-13(23)16(12)22)25-19(26-18)20-24-7-8-30-20;1-28-20(27)14-16(11-3-2-4-12(22)15(11)21)24-18(19-23-5-6-30-19)25-17(14)13-7-10(8-26)9-29-13/h4-8,11,14,17H,3,9-10H2,1-2H3,(H,25,26);2-6,10,13,16,26H,7-9H2,1H3,(H,24,25)/t11-,14?,17?;10-,13?,16?/m01/s1. The Balaban J connectivity index is 0.000000181. The molecule has 0 amide bonds. The van der Waals surface area contributed by atoms with Gasteiger partial charge in [0.05, 0.1) is 72.2 Å². The topological polar surface area (TPSA) is 166 Å². The minimum Gasteiger partial charge on any atom is -0.466 e. The van der Waals surface area contributed by atoms with Gasteiger partial charge in [-0.1, -0.05) is 60.8 Å². The Hall–Kier alpha value is -4.62. The van der Waals surface area contributed by atoms with Gasteiger partial charge in [0.15, 0.2) is 21.7 Å². The molecule has 13 nitrogen and oxygen atoms in total. The fraction of sp³-hybridized carbons (Fsp3) is 0.366. The van der Waals surface area contributed by atoms with Crippen molar-refractivity contribution in [2.45, 2.75) is 50.5 Å². The second-order valence-corrected chi connectivity index (χ2v) is 16.6. The zero-order valence-electron chi connectivity index (χ0n) is 32.5. The first-order valence-electron chi connectivity index (χ1n) is 18.9. The van der Waals surface area contributed by atoms with E-state index in [1.54, 1.807) is 36.0 Å². The van der Waals surface area contributed by atoms with Gasteiger partial charge in [0.1, 0.15) is 23.7 Å². The van der Waals surface area contributed by atoms with Crippen LogP contribution < -0.4 is 10.6 Å². The average Bonchev–Trinajstić information content (AvgIpc) is 4.13. The van der Waals surface area contributed by atoms with E-state index in [4.69, 9.17) is 47.1 Å². The number of nitrogens with one attached hydrogen (secondary N) is 2. The maximum Gasteiger partial charge on any atom is 0.338 e. The van der Waals surface area contributed by atoms with Crippen LogP contribution in [0.25, 0.3) is 0 Å². The summed E-state index contributed by atoms with van der Waals surface area (Å²) in [6.07, 6.45) is 4.74. The van der Waals surface area contributed by atoms with E-state index in [2.05, 4.69) is 32.5 Å². The van der Waals surface area contributed by atoms with Gasteiger partial charge in [-0.3, -0.25) is 9.98 Å². The van der Waals surface area contributed by atoms with Crippen LogP contribution in [0.2, 0.25) is 10.0 Å². The first-order chi connectivity index (χ1) is 29.1. The Morgan fingerprint density at radius 2 is 1.23 bits per heavy atom. The number of aliphatic hydroxyl groups is 1. The molecule has 3 N–H and O–H groups in total. The molecule has 0 spiro atoms. The SMILES string of the molecule is CC[C@@H]1COC(C2=C(C(=O)OC)C(c3cccc(F)c3Cl)N=C(c3nccs3)N2)C1.COC(=O)C1=C(C2C[C@H](CO)CO2)NC(c2nccs2)=NC1c1cccc(F)c1Cl. The molecular formula is C41H40Cl2F2N6O7S2. The molecule has 0 saturated carbocycles. The quantitative estimate of drug-likeness (QED) is 0.139. The van der Waals surface area contributed by atoms with Crippen LogP contribution in [0.15, 0.2) is 92.1 Å². The molecule has 6 heterocycles. The van der Waals surface area contributed by atoms with E-state index >= 15 is 0 Å². The number of methoxy groups -OCH3 is 2. The lowest BCUT2D eigenvalue weighted by Crippen LogP contribution is -2.38. The highest BCUT2D eigenvalue weighted by molar-refractivity contribution is 7.12. The number of carbonyl (C=O) groups excluding carboxylic acids is 2. The van der Waals surface area contributed by atoms with Crippen molar-refractivity contribution in [1.82, 2.24) is 20.6 Å². The second-order valence-electron chi connectivity index (χ2n) is 14.0. The minimum atomic E-state index is -0.910. The van der Waals surface area contributed by atoms with Crippen LogP contribution >= 0.6 is 45.9 Å². The van der Waals surface area contributed by atoms with Crippen LogP contribution in [0.1, 0.15) is 59.4 Å². The van der Waals surface area contributed by atoms with Crippen molar-refractivity contribution in [1.29, 1.82) is 0 Å². The lowest BCUT2D eigenvalue weighted by atomic mass is 9.91. The number of rotatable bonds is 10. The molecule has 0 aliphatic carbocycles. The minimum absolute atomic E-state index is 0.0239. The number of benzene rings is 2. The summed E-state index contributed by atoms with van der Waals surface area (Å²) in [5.41, 5.74) is 2.21. The molecular weight excluding hydrogens is 862 g/mol. The average molecular weight is 902 g/mol. The first-order valence-corrected chi connectivity index (χ1v) is 21.4. The zero-order valence-corrected chi connectivity index (χ0v) is 35.6. The second kappa shape index (κ2) is 19.4. The fourth-order valence-corrected chi connectivity index (χ4v) is 8.95. The number of carbonyl (C=O) groups is 2. The number of ether oxygens (including phenoxy) is 4. The van der Waals surface area contributed by atoms with Gasteiger partial charge >= 0.3 is 11.9 Å². The van der Waals surface area contributed by atoms with Crippen LogP contribution in [0.4, 0.5) is 8.78 Å². The van der Waals surface area contributed by atoms with Crippen molar-refractivity contribution < 1.29 is 42.4 Å². The molecule has 0 bridgehead atoms. The summed E-state index contributed by atoms with van der Waals surface area (Å²) >= 11 is 15.3. The first kappa shape index (κ1) is 43.5. The zero-order chi connectivity index (χ0) is 42.5. The molecule has 8 rings (SSSR count). The molecule has 4 aliphatic heterocycles. The molecule has 4 unspecified atom stereocenters. The van der Waals surface area contributed by atoms with Crippen LogP contribution in [0.5, 0.6) is 0 Å². The van der Waals surface area contributed by atoms with Gasteiger partial charge < -0.3 is 34.7 Å². The number of hydrogen-bond donors (Lipinski definition) is 3. The predicted octanol–water partition coefficient (Wildman–Crippen LogP) is 7.12. The van der Waals surface area contributed by atoms with Crippen LogP contribution in [0.3, 0.4) is 0 Å². The lowest BCUT2D eigenvalue weighted by molar-refractivity contribution is -0.137. The van der Waals surface area contributed by atoms with E-state index in [1.807, 2.05) is 5.38 Å². The summed E-state index contributed by atoms with van der Waals surface area (Å²) in [6, 6.07) is 7.10. The Labute approximate surface area is 362 Å². The van der Waals surface area contributed by atoms with Crippen molar-refractivity contribution in [3.63, 3.8) is 0 Å². The number of nitrogens with zero attached hydrogens (tertiary/aromatic N) is 4. The number of hydrogen-bond acceptors (Lipinski definition) is 15. The Morgan fingerprint density at radius 1 is 0.783 bits per heavy atom. The Bertz CT molecular complexity index is 2180. The van der Waals surface area contributed by atoms with Crippen molar-refractivity contribution in [3.8, 4) is 0 Å². The number of esters is 2. The van der Waals surface area contributed by atoms with Crippen molar-refractivity contribution in [2.75, 3.05) is 34.0 Å². The lowest BCUT2D eigenvalue weighted by Gasteiger charge is -2.29. The smallest absolute Gasteiger partial charge is 0.338 e. The molecule has 60 heavy (non-hydrogen) atoms. The van der Waals surface area contributed by atoms with Crippen LogP contribution in [-0.2, 0) is 28.5 Å². The third-order valence-electron chi connectivity index (χ3n) is 10.4. The molecule has 6 atom stereocenters.